The summed E-state index contributed by atoms with van der Waals surface area (Å²) in [5, 5.41) is 17.8. The molecule has 2 aromatic heterocycles. The van der Waals surface area contributed by atoms with Gasteiger partial charge in [0.05, 0.1) is 11.8 Å². The number of aromatic nitrogens is 2. The van der Waals surface area contributed by atoms with Gasteiger partial charge in [-0.2, -0.15) is 5.10 Å². The van der Waals surface area contributed by atoms with E-state index < -0.39 is 0 Å². The monoisotopic (exact) mass is 374 g/mol. The van der Waals surface area contributed by atoms with Crippen LogP contribution in [-0.2, 0) is 19.5 Å². The minimum absolute atomic E-state index is 0.250. The normalized spacial score (nSPS) is 25.2. The highest BCUT2D eigenvalue weighted by Gasteiger charge is 2.32. The minimum atomic E-state index is -0.250. The molecule has 2 aliphatic rings. The van der Waals surface area contributed by atoms with Crippen LogP contribution >= 0.6 is 11.3 Å². The van der Waals surface area contributed by atoms with Gasteiger partial charge < -0.3 is 5.11 Å². The van der Waals surface area contributed by atoms with Gasteiger partial charge >= 0.3 is 0 Å². The molecule has 0 radical (unpaired) electrons. The van der Waals surface area contributed by atoms with Gasteiger partial charge in [-0.3, -0.25) is 14.9 Å². The molecule has 0 aromatic carbocycles. The number of hydrogen-bond donors (Lipinski definition) is 2. The first-order valence-corrected chi connectivity index (χ1v) is 10.7. The number of nitrogens with one attached hydrogen (secondary N) is 1. The first-order valence-electron chi connectivity index (χ1n) is 9.87. The maximum Gasteiger partial charge on any atom is 0.0711 e. The Bertz CT molecular complexity index is 706. The van der Waals surface area contributed by atoms with Gasteiger partial charge in [0.15, 0.2) is 0 Å². The Kier molecular flexibility index (Phi) is 5.74. The zero-order valence-electron chi connectivity index (χ0n) is 15.7. The zero-order chi connectivity index (χ0) is 17.9. The maximum atomic E-state index is 10.4. The fraction of sp³-hybridized carbons (Fsp3) is 0.650. The molecule has 0 aliphatic carbocycles. The molecule has 5 nitrogen and oxygen atoms in total. The predicted octanol–water partition coefficient (Wildman–Crippen LogP) is 2.80. The van der Waals surface area contributed by atoms with E-state index in [1.807, 2.05) is 18.3 Å². The summed E-state index contributed by atoms with van der Waals surface area (Å²) in [7, 11) is 0. The molecule has 4 heterocycles. The SMILES string of the molecule is Cc1cc(CC2CN(Cc3ccc(CN4CCCCC4)s3)CC2O)n[nH]1. The average molecular weight is 375 g/mol. The first kappa shape index (κ1) is 18.2. The van der Waals surface area contributed by atoms with Crippen LogP contribution in [0.15, 0.2) is 18.2 Å². The van der Waals surface area contributed by atoms with E-state index in [0.29, 0.717) is 0 Å². The van der Waals surface area contributed by atoms with Gasteiger partial charge in [-0.15, -0.1) is 11.3 Å². The van der Waals surface area contributed by atoms with Gasteiger partial charge in [-0.1, -0.05) is 6.42 Å². The second-order valence-corrected chi connectivity index (χ2v) is 9.23. The standard InChI is InChI=1S/C20H30N4OS/c1-15-9-17(22-21-15)10-16-11-24(14-20(16)25)13-19-6-5-18(26-19)12-23-7-3-2-4-8-23/h5-6,9,16,20,25H,2-4,7-8,10-14H2,1H3,(H,21,22). The molecule has 4 rings (SSSR count). The molecule has 2 aromatic rings. The molecule has 26 heavy (non-hydrogen) atoms. The number of likely N-dealkylation sites (tertiary alicyclic amines) is 2. The van der Waals surface area contributed by atoms with Crippen LogP contribution in [-0.4, -0.2) is 57.4 Å². The fourth-order valence-electron chi connectivity index (χ4n) is 4.27. The Balaban J connectivity index is 1.29. The van der Waals surface area contributed by atoms with E-state index in [9.17, 15) is 5.11 Å². The molecule has 0 bridgehead atoms. The third-order valence-electron chi connectivity index (χ3n) is 5.64. The van der Waals surface area contributed by atoms with E-state index in [-0.39, 0.29) is 12.0 Å². The van der Waals surface area contributed by atoms with E-state index in [1.54, 1.807) is 0 Å². The Morgan fingerprint density at radius 1 is 1.12 bits per heavy atom. The largest absolute Gasteiger partial charge is 0.391 e. The Morgan fingerprint density at radius 3 is 2.54 bits per heavy atom. The predicted molar refractivity (Wildman–Crippen MR) is 105 cm³/mol. The molecule has 2 aliphatic heterocycles. The number of aromatic amines is 1. The molecule has 2 atom stereocenters. The minimum Gasteiger partial charge on any atom is -0.391 e. The quantitative estimate of drug-likeness (QED) is 0.816. The average Bonchev–Trinajstić information content (AvgIpc) is 3.32. The van der Waals surface area contributed by atoms with E-state index >= 15 is 0 Å². The van der Waals surface area contributed by atoms with Gasteiger partial charge in [0.2, 0.25) is 0 Å². The van der Waals surface area contributed by atoms with Crippen LogP contribution in [0.5, 0.6) is 0 Å². The lowest BCUT2D eigenvalue weighted by Gasteiger charge is -2.25. The number of hydrogen-bond acceptors (Lipinski definition) is 5. The number of aryl methyl sites for hydroxylation is 1. The van der Waals surface area contributed by atoms with E-state index in [1.165, 1.54) is 42.1 Å². The van der Waals surface area contributed by atoms with Crippen LogP contribution in [0.1, 0.15) is 40.4 Å². The number of β-amino-alcohol motifs (C(OH)–C–C–N with tert-alkyl or cyclic N) is 1. The molecular weight excluding hydrogens is 344 g/mol. The molecule has 142 valence electrons. The van der Waals surface area contributed by atoms with Crippen molar-refractivity contribution in [1.82, 2.24) is 20.0 Å². The molecular formula is C20H30N4OS. The van der Waals surface area contributed by atoms with Crippen LogP contribution in [0.25, 0.3) is 0 Å². The third-order valence-corrected chi connectivity index (χ3v) is 6.69. The summed E-state index contributed by atoms with van der Waals surface area (Å²) < 4.78 is 0. The van der Waals surface area contributed by atoms with Crippen molar-refractivity contribution in [3.8, 4) is 0 Å². The molecule has 2 fully saturated rings. The molecule has 2 N–H and O–H groups in total. The topological polar surface area (TPSA) is 55.4 Å². The summed E-state index contributed by atoms with van der Waals surface area (Å²) in [6.07, 6.45) is 4.69. The van der Waals surface area contributed by atoms with Crippen molar-refractivity contribution >= 4 is 11.3 Å². The van der Waals surface area contributed by atoms with Crippen molar-refractivity contribution in [3.63, 3.8) is 0 Å². The zero-order valence-corrected chi connectivity index (χ0v) is 16.5. The van der Waals surface area contributed by atoms with Gasteiger partial charge in [-0.05, 0) is 57.5 Å². The van der Waals surface area contributed by atoms with E-state index in [4.69, 9.17) is 0 Å². The van der Waals surface area contributed by atoms with Crippen molar-refractivity contribution < 1.29 is 5.11 Å². The third kappa shape index (κ3) is 4.55. The Labute approximate surface area is 160 Å². The molecule has 6 heteroatoms. The lowest BCUT2D eigenvalue weighted by molar-refractivity contribution is 0.140. The highest BCUT2D eigenvalue weighted by molar-refractivity contribution is 7.11. The second-order valence-electron chi connectivity index (χ2n) is 7.97. The second kappa shape index (κ2) is 8.21. The fourth-order valence-corrected chi connectivity index (χ4v) is 5.37. The number of rotatable bonds is 6. The van der Waals surface area contributed by atoms with E-state index in [2.05, 4.69) is 38.2 Å². The lowest BCUT2D eigenvalue weighted by atomic mass is 10.0. The van der Waals surface area contributed by atoms with Crippen molar-refractivity contribution in [1.29, 1.82) is 0 Å². The smallest absolute Gasteiger partial charge is 0.0711 e. The summed E-state index contributed by atoms with van der Waals surface area (Å²) in [6, 6.07) is 6.66. The van der Waals surface area contributed by atoms with Crippen LogP contribution in [0.4, 0.5) is 0 Å². The number of nitrogens with zero attached hydrogens (tertiary/aromatic N) is 3. The van der Waals surface area contributed by atoms with Crippen LogP contribution < -0.4 is 0 Å². The highest BCUT2D eigenvalue weighted by atomic mass is 32.1. The number of piperidine rings is 1. The summed E-state index contributed by atoms with van der Waals surface area (Å²) in [5.41, 5.74) is 2.15. The van der Waals surface area contributed by atoms with Crippen molar-refractivity contribution in [2.24, 2.45) is 5.92 Å². The van der Waals surface area contributed by atoms with Crippen molar-refractivity contribution in [2.45, 2.75) is 51.8 Å². The van der Waals surface area contributed by atoms with Gasteiger partial charge in [0, 0.05) is 47.5 Å². The number of H-pyrrole nitrogens is 1. The number of thiophene rings is 1. The van der Waals surface area contributed by atoms with Crippen molar-refractivity contribution in [3.05, 3.63) is 39.3 Å². The molecule has 2 saturated heterocycles. The first-order chi connectivity index (χ1) is 12.7. The van der Waals surface area contributed by atoms with Crippen molar-refractivity contribution in [2.75, 3.05) is 26.2 Å². The number of aliphatic hydroxyl groups is 1. The van der Waals surface area contributed by atoms with Gasteiger partial charge in [-0.25, -0.2) is 0 Å². The van der Waals surface area contributed by atoms with E-state index in [0.717, 1.165) is 44.0 Å². The highest BCUT2D eigenvalue weighted by Crippen LogP contribution is 2.26. The molecule has 0 saturated carbocycles. The molecule has 2 unspecified atom stereocenters. The van der Waals surface area contributed by atoms with Crippen LogP contribution in [0.2, 0.25) is 0 Å². The Hall–Kier alpha value is -1.21. The van der Waals surface area contributed by atoms with Gasteiger partial charge in [0.25, 0.3) is 0 Å². The van der Waals surface area contributed by atoms with Crippen LogP contribution in [0, 0.1) is 12.8 Å². The summed E-state index contributed by atoms with van der Waals surface area (Å²) in [6.45, 7) is 8.30. The van der Waals surface area contributed by atoms with Gasteiger partial charge in [0.1, 0.15) is 0 Å². The summed E-state index contributed by atoms with van der Waals surface area (Å²) >= 11 is 1.94. The summed E-state index contributed by atoms with van der Waals surface area (Å²) in [4.78, 5) is 7.87. The lowest BCUT2D eigenvalue weighted by Crippen LogP contribution is -2.28. The molecule has 0 amide bonds. The number of aliphatic hydroxyl groups excluding tert-OH is 1. The molecule has 0 spiro atoms. The summed E-state index contributed by atoms with van der Waals surface area (Å²) in [5.74, 6) is 0.283. The Morgan fingerprint density at radius 2 is 1.85 bits per heavy atom. The maximum absolute atomic E-state index is 10.4. The van der Waals surface area contributed by atoms with Crippen LogP contribution in [0.3, 0.4) is 0 Å².